The molecule has 0 bridgehead atoms. The molecule has 1 saturated carbocycles. The fourth-order valence-electron chi connectivity index (χ4n) is 5.66. The number of aromatic nitrogens is 5. The molecule has 0 spiro atoms. The Labute approximate surface area is 248 Å². The molecule has 230 valence electrons. The van der Waals surface area contributed by atoms with Gasteiger partial charge in [0.05, 0.1) is 36.1 Å². The van der Waals surface area contributed by atoms with Crippen molar-refractivity contribution in [2.75, 3.05) is 47.8 Å². The number of halogens is 2. The Hall–Kier alpha value is -3.88. The molecule has 2 aromatic heterocycles. The summed E-state index contributed by atoms with van der Waals surface area (Å²) in [5.41, 5.74) is 3.49. The molecule has 0 radical (unpaired) electrons. The van der Waals surface area contributed by atoms with Crippen LogP contribution in [0.25, 0.3) is 17.1 Å². The Morgan fingerprint density at radius 1 is 0.930 bits per heavy atom. The largest absolute Gasteiger partial charge is 0.468 e. The Morgan fingerprint density at radius 2 is 1.65 bits per heavy atom. The summed E-state index contributed by atoms with van der Waals surface area (Å²) in [6, 6.07) is 6.93. The number of carbonyl (C=O) groups excluding carboxylic acids is 1. The number of benzene rings is 1. The molecule has 3 fully saturated rings. The first-order valence-electron chi connectivity index (χ1n) is 14.4. The minimum Gasteiger partial charge on any atom is -0.468 e. The second-order valence-electron chi connectivity index (χ2n) is 11.4. The number of nitrogens with zero attached hydrogens (tertiary/aromatic N) is 7. The van der Waals surface area contributed by atoms with Gasteiger partial charge in [0.2, 0.25) is 16.0 Å². The van der Waals surface area contributed by atoms with Gasteiger partial charge < -0.3 is 14.5 Å². The SMILES string of the molecule is COC(=O)C1(S(=O)(=O)Nc2ccc(-n3cc(-c4cc(C)nc(N5CCC(F)(F)CC5)n4)nn3)c(N3CCCCC3)c2)CC1. The van der Waals surface area contributed by atoms with Crippen molar-refractivity contribution in [3.63, 3.8) is 0 Å². The van der Waals surface area contributed by atoms with Gasteiger partial charge in [-0.3, -0.25) is 9.52 Å². The number of piperidine rings is 2. The quantitative estimate of drug-likeness (QED) is 0.373. The van der Waals surface area contributed by atoms with Crippen LogP contribution in [0, 0.1) is 6.92 Å². The highest BCUT2D eigenvalue weighted by Crippen LogP contribution is 2.45. The molecule has 3 aromatic rings. The Morgan fingerprint density at radius 3 is 2.33 bits per heavy atom. The van der Waals surface area contributed by atoms with Crippen molar-refractivity contribution in [3.05, 3.63) is 36.2 Å². The summed E-state index contributed by atoms with van der Waals surface area (Å²) in [5, 5.41) is 8.72. The molecule has 3 aliphatic rings. The number of anilines is 3. The highest BCUT2D eigenvalue weighted by atomic mass is 32.2. The summed E-state index contributed by atoms with van der Waals surface area (Å²) in [4.78, 5) is 25.3. The van der Waals surface area contributed by atoms with Crippen molar-refractivity contribution in [1.29, 1.82) is 0 Å². The van der Waals surface area contributed by atoms with Crippen LogP contribution < -0.4 is 14.5 Å². The number of esters is 1. The smallest absolute Gasteiger partial charge is 0.329 e. The zero-order valence-corrected chi connectivity index (χ0v) is 24.9. The van der Waals surface area contributed by atoms with E-state index in [9.17, 15) is 22.0 Å². The van der Waals surface area contributed by atoms with Gasteiger partial charge in [-0.1, -0.05) is 5.21 Å². The van der Waals surface area contributed by atoms with E-state index in [1.165, 1.54) is 7.11 Å². The number of aryl methyl sites for hydroxylation is 1. The van der Waals surface area contributed by atoms with Gasteiger partial charge in [0.1, 0.15) is 5.69 Å². The predicted molar refractivity (Wildman–Crippen MR) is 156 cm³/mol. The molecule has 0 atom stereocenters. The molecule has 1 aromatic carbocycles. The molecule has 1 N–H and O–H groups in total. The first-order valence-corrected chi connectivity index (χ1v) is 15.9. The van der Waals surface area contributed by atoms with Crippen molar-refractivity contribution in [2.45, 2.75) is 62.5 Å². The van der Waals surface area contributed by atoms with Crippen molar-refractivity contribution in [1.82, 2.24) is 25.0 Å². The Balaban J connectivity index is 1.30. The fourth-order valence-corrected chi connectivity index (χ4v) is 7.24. The molecule has 43 heavy (non-hydrogen) atoms. The van der Waals surface area contributed by atoms with Crippen LogP contribution in [0.15, 0.2) is 30.5 Å². The summed E-state index contributed by atoms with van der Waals surface area (Å²) in [6.45, 7) is 3.73. The van der Waals surface area contributed by atoms with Gasteiger partial charge in [-0.15, -0.1) is 5.10 Å². The van der Waals surface area contributed by atoms with Crippen LogP contribution in [0.4, 0.5) is 26.1 Å². The first-order chi connectivity index (χ1) is 20.5. The van der Waals surface area contributed by atoms with Gasteiger partial charge in [-0.25, -0.2) is 31.8 Å². The number of sulfonamides is 1. The van der Waals surface area contributed by atoms with E-state index in [1.807, 2.05) is 6.92 Å². The lowest BCUT2D eigenvalue weighted by molar-refractivity contribution is -0.140. The fraction of sp³-hybridized carbons (Fsp3) is 0.536. The van der Waals surface area contributed by atoms with Crippen molar-refractivity contribution in [2.24, 2.45) is 0 Å². The second-order valence-corrected chi connectivity index (χ2v) is 13.4. The van der Waals surface area contributed by atoms with E-state index in [0.717, 1.165) is 38.0 Å². The van der Waals surface area contributed by atoms with Crippen LogP contribution in [0.3, 0.4) is 0 Å². The summed E-state index contributed by atoms with van der Waals surface area (Å²) in [7, 11) is -2.85. The average Bonchev–Trinajstić information content (AvgIpc) is 3.68. The average molecular weight is 617 g/mol. The maximum Gasteiger partial charge on any atom is 0.329 e. The van der Waals surface area contributed by atoms with E-state index in [0.29, 0.717) is 34.4 Å². The van der Waals surface area contributed by atoms with Crippen LogP contribution in [-0.4, -0.2) is 83.3 Å². The summed E-state index contributed by atoms with van der Waals surface area (Å²) < 4.78 is 61.2. The molecule has 0 amide bonds. The highest BCUT2D eigenvalue weighted by molar-refractivity contribution is 7.95. The first kappa shape index (κ1) is 29.2. The maximum atomic E-state index is 13.7. The Kier molecular flexibility index (Phi) is 7.47. The number of rotatable bonds is 8. The van der Waals surface area contributed by atoms with E-state index < -0.39 is 26.7 Å². The molecule has 1 aliphatic carbocycles. The topological polar surface area (TPSA) is 135 Å². The summed E-state index contributed by atoms with van der Waals surface area (Å²) in [5.74, 6) is -3.05. The van der Waals surface area contributed by atoms with Crippen LogP contribution in [-0.2, 0) is 19.6 Å². The van der Waals surface area contributed by atoms with Crippen molar-refractivity contribution < 1.29 is 26.7 Å². The maximum absolute atomic E-state index is 13.7. The highest BCUT2D eigenvalue weighted by Gasteiger charge is 2.62. The lowest BCUT2D eigenvalue weighted by Crippen LogP contribution is -2.40. The number of hydrogen-bond donors (Lipinski definition) is 1. The lowest BCUT2D eigenvalue weighted by Gasteiger charge is -2.31. The minimum atomic E-state index is -4.03. The Bertz CT molecular complexity index is 1630. The van der Waals surface area contributed by atoms with Gasteiger partial charge in [0, 0.05) is 44.7 Å². The predicted octanol–water partition coefficient (Wildman–Crippen LogP) is 3.71. The van der Waals surface area contributed by atoms with Crippen LogP contribution >= 0.6 is 0 Å². The van der Waals surface area contributed by atoms with Gasteiger partial charge in [-0.05, 0) is 63.3 Å². The number of hydrogen-bond acceptors (Lipinski definition) is 10. The van der Waals surface area contributed by atoms with E-state index in [2.05, 4.69) is 29.9 Å². The van der Waals surface area contributed by atoms with Crippen LogP contribution in [0.2, 0.25) is 0 Å². The number of methoxy groups -OCH3 is 1. The van der Waals surface area contributed by atoms with Gasteiger partial charge in [0.15, 0.2) is 4.75 Å². The molecule has 4 heterocycles. The number of carbonyl (C=O) groups is 1. The van der Waals surface area contributed by atoms with Crippen molar-refractivity contribution >= 4 is 33.3 Å². The van der Waals surface area contributed by atoms with Gasteiger partial charge in [-0.2, -0.15) is 0 Å². The molecule has 15 heteroatoms. The number of ether oxygens (including phenoxy) is 1. The zero-order valence-electron chi connectivity index (χ0n) is 24.1. The summed E-state index contributed by atoms with van der Waals surface area (Å²) >= 11 is 0. The van der Waals surface area contributed by atoms with Crippen LogP contribution in [0.1, 0.15) is 50.6 Å². The third kappa shape index (κ3) is 5.74. The lowest BCUT2D eigenvalue weighted by atomic mass is 10.1. The second kappa shape index (κ2) is 11.0. The third-order valence-corrected chi connectivity index (χ3v) is 10.4. The van der Waals surface area contributed by atoms with E-state index in [1.54, 1.807) is 40.0 Å². The van der Waals surface area contributed by atoms with E-state index in [-0.39, 0.29) is 38.8 Å². The van der Waals surface area contributed by atoms with Crippen LogP contribution in [0.5, 0.6) is 0 Å². The molecule has 2 saturated heterocycles. The molecular weight excluding hydrogens is 582 g/mol. The number of nitrogens with one attached hydrogen (secondary N) is 1. The minimum absolute atomic E-state index is 0.165. The zero-order chi connectivity index (χ0) is 30.4. The third-order valence-electron chi connectivity index (χ3n) is 8.32. The molecular formula is C28H34F2N8O4S. The normalized spacial score (nSPS) is 19.6. The molecule has 6 rings (SSSR count). The molecule has 12 nitrogen and oxygen atoms in total. The molecule has 0 unspecified atom stereocenters. The van der Waals surface area contributed by atoms with Gasteiger partial charge in [0.25, 0.3) is 5.92 Å². The van der Waals surface area contributed by atoms with Gasteiger partial charge >= 0.3 is 5.97 Å². The van der Waals surface area contributed by atoms with Crippen molar-refractivity contribution in [3.8, 4) is 17.1 Å². The number of alkyl halides is 2. The van der Waals surface area contributed by atoms with E-state index in [4.69, 9.17) is 4.74 Å². The monoisotopic (exact) mass is 616 g/mol. The summed E-state index contributed by atoms with van der Waals surface area (Å²) in [6.07, 6.45) is 4.76. The standard InChI is InChI=1S/C28H34F2N8O4S/c1-19-16-21(32-26(31-19)37-14-10-28(29,30)11-15-37)22-18-38(35-33-22)23-7-6-20(17-24(23)36-12-4-3-5-13-36)34-43(40,41)27(8-9-27)25(39)42-2/h6-7,16-18,34H,3-5,8-15H2,1-2H3. The molecule has 2 aliphatic heterocycles. The van der Waals surface area contributed by atoms with E-state index >= 15 is 0 Å².